The topological polar surface area (TPSA) is 75.7 Å². The molecule has 2 rings (SSSR count). The van der Waals surface area contributed by atoms with E-state index in [0.29, 0.717) is 22.2 Å². The molecule has 152 valence electrons. The molecule has 0 atom stereocenters. The van der Waals surface area contributed by atoms with Crippen molar-refractivity contribution >= 4 is 39.1 Å². The number of hydrogen-bond donors (Lipinski definition) is 1. The summed E-state index contributed by atoms with van der Waals surface area (Å²) < 4.78 is 32.3. The van der Waals surface area contributed by atoms with Gasteiger partial charge in [0.25, 0.3) is 0 Å². The van der Waals surface area contributed by atoms with Crippen LogP contribution in [0.4, 0.5) is 0 Å². The van der Waals surface area contributed by atoms with E-state index in [1.54, 1.807) is 30.3 Å². The molecule has 0 aliphatic rings. The van der Waals surface area contributed by atoms with Gasteiger partial charge in [-0.05, 0) is 31.2 Å². The van der Waals surface area contributed by atoms with E-state index in [2.05, 4.69) is 5.32 Å². The van der Waals surface area contributed by atoms with Gasteiger partial charge in [0.05, 0.1) is 18.0 Å². The minimum atomic E-state index is -3.95. The summed E-state index contributed by atoms with van der Waals surface area (Å²) in [5.41, 5.74) is 1.36. The fourth-order valence-corrected chi connectivity index (χ4v) is 4.33. The van der Waals surface area contributed by atoms with Gasteiger partial charge in [-0.2, -0.15) is 4.31 Å². The maximum absolute atomic E-state index is 13.2. The molecule has 0 saturated carbocycles. The van der Waals surface area contributed by atoms with Gasteiger partial charge < -0.3 is 10.1 Å². The SMILES string of the molecule is COCCNC(=O)CN(Cc1c(Cl)cccc1Cl)S(=O)(=O)c1ccc(C)cc1. The molecule has 0 aliphatic heterocycles. The molecular formula is C19H22Cl2N2O4S. The first kappa shape index (κ1) is 22.6. The van der Waals surface area contributed by atoms with Crippen molar-refractivity contribution in [3.63, 3.8) is 0 Å². The number of nitrogens with zero attached hydrogens (tertiary/aromatic N) is 1. The van der Waals surface area contributed by atoms with Crippen LogP contribution in [0.25, 0.3) is 0 Å². The van der Waals surface area contributed by atoms with Crippen LogP contribution in [0, 0.1) is 6.92 Å². The number of aryl methyl sites for hydroxylation is 1. The van der Waals surface area contributed by atoms with Crippen LogP contribution in [0.1, 0.15) is 11.1 Å². The molecule has 6 nitrogen and oxygen atoms in total. The molecule has 0 fully saturated rings. The van der Waals surface area contributed by atoms with Crippen LogP contribution < -0.4 is 5.32 Å². The molecule has 0 heterocycles. The number of sulfonamides is 1. The number of hydrogen-bond acceptors (Lipinski definition) is 4. The average Bonchev–Trinajstić information content (AvgIpc) is 2.64. The number of benzene rings is 2. The van der Waals surface area contributed by atoms with E-state index in [4.69, 9.17) is 27.9 Å². The van der Waals surface area contributed by atoms with Crippen molar-refractivity contribution in [1.29, 1.82) is 0 Å². The Kier molecular flexibility index (Phi) is 8.27. The molecular weight excluding hydrogens is 423 g/mol. The summed E-state index contributed by atoms with van der Waals surface area (Å²) in [7, 11) is -2.44. The molecule has 9 heteroatoms. The molecule has 2 aromatic rings. The van der Waals surface area contributed by atoms with Gasteiger partial charge in [-0.25, -0.2) is 8.42 Å². The summed E-state index contributed by atoms with van der Waals surface area (Å²) in [4.78, 5) is 12.4. The molecule has 0 aliphatic carbocycles. The summed E-state index contributed by atoms with van der Waals surface area (Å²) >= 11 is 12.4. The normalized spacial score (nSPS) is 11.6. The molecule has 0 bridgehead atoms. The third kappa shape index (κ3) is 5.93. The summed E-state index contributed by atoms with van der Waals surface area (Å²) in [5.74, 6) is -0.448. The third-order valence-electron chi connectivity index (χ3n) is 4.00. The van der Waals surface area contributed by atoms with Gasteiger partial charge in [-0.3, -0.25) is 4.79 Å². The number of nitrogens with one attached hydrogen (secondary N) is 1. The highest BCUT2D eigenvalue weighted by molar-refractivity contribution is 7.89. The van der Waals surface area contributed by atoms with Crippen LogP contribution in [-0.2, 0) is 26.1 Å². The highest BCUT2D eigenvalue weighted by Crippen LogP contribution is 2.28. The Balaban J connectivity index is 2.35. The van der Waals surface area contributed by atoms with Crippen molar-refractivity contribution < 1.29 is 17.9 Å². The lowest BCUT2D eigenvalue weighted by Crippen LogP contribution is -2.41. The number of methoxy groups -OCH3 is 1. The van der Waals surface area contributed by atoms with Gasteiger partial charge in [-0.1, -0.05) is 47.0 Å². The number of ether oxygens (including phenoxy) is 1. The van der Waals surface area contributed by atoms with Crippen LogP contribution >= 0.6 is 23.2 Å². The van der Waals surface area contributed by atoms with E-state index in [1.807, 2.05) is 6.92 Å². The smallest absolute Gasteiger partial charge is 0.243 e. The van der Waals surface area contributed by atoms with E-state index in [-0.39, 0.29) is 24.5 Å². The summed E-state index contributed by atoms with van der Waals surface area (Å²) in [6.07, 6.45) is 0. The maximum Gasteiger partial charge on any atom is 0.243 e. The van der Waals surface area contributed by atoms with Crippen molar-refractivity contribution in [3.8, 4) is 0 Å². The zero-order chi connectivity index (χ0) is 20.7. The Morgan fingerprint density at radius 1 is 1.11 bits per heavy atom. The lowest BCUT2D eigenvalue weighted by atomic mass is 10.2. The molecule has 1 N–H and O–H groups in total. The predicted octanol–water partition coefficient (Wildman–Crippen LogP) is 3.26. The first-order valence-corrected chi connectivity index (χ1v) is 10.7. The van der Waals surface area contributed by atoms with Gasteiger partial charge >= 0.3 is 0 Å². The standard InChI is InChI=1S/C19H22Cl2N2O4S/c1-14-6-8-15(9-7-14)28(25,26)23(13-19(24)22-10-11-27-2)12-16-17(20)4-3-5-18(16)21/h3-9H,10-13H2,1-2H3,(H,22,24). The first-order valence-electron chi connectivity index (χ1n) is 8.51. The fourth-order valence-electron chi connectivity index (χ4n) is 2.45. The van der Waals surface area contributed by atoms with Crippen LogP contribution in [0.2, 0.25) is 10.0 Å². The van der Waals surface area contributed by atoms with E-state index in [9.17, 15) is 13.2 Å². The van der Waals surface area contributed by atoms with Crippen LogP contribution in [-0.4, -0.2) is 45.4 Å². The number of carbonyl (C=O) groups excluding carboxylic acids is 1. The van der Waals surface area contributed by atoms with E-state index in [1.165, 1.54) is 19.2 Å². The third-order valence-corrected chi connectivity index (χ3v) is 6.52. The molecule has 2 aromatic carbocycles. The second-order valence-corrected chi connectivity index (χ2v) is 8.88. The van der Waals surface area contributed by atoms with E-state index < -0.39 is 15.9 Å². The van der Waals surface area contributed by atoms with Gasteiger partial charge in [0.15, 0.2) is 0 Å². The zero-order valence-electron chi connectivity index (χ0n) is 15.6. The first-order chi connectivity index (χ1) is 13.3. The molecule has 0 unspecified atom stereocenters. The van der Waals surface area contributed by atoms with Gasteiger partial charge in [0.1, 0.15) is 0 Å². The van der Waals surface area contributed by atoms with Crippen molar-refractivity contribution in [2.24, 2.45) is 0 Å². The second kappa shape index (κ2) is 10.2. The Morgan fingerprint density at radius 3 is 2.29 bits per heavy atom. The summed E-state index contributed by atoms with van der Waals surface area (Å²) in [6, 6.07) is 11.3. The molecule has 0 aromatic heterocycles. The van der Waals surface area contributed by atoms with Gasteiger partial charge in [-0.15, -0.1) is 0 Å². The second-order valence-electron chi connectivity index (χ2n) is 6.13. The highest BCUT2D eigenvalue weighted by Gasteiger charge is 2.28. The van der Waals surface area contributed by atoms with Crippen molar-refractivity contribution in [1.82, 2.24) is 9.62 Å². The Hall–Kier alpha value is -1.64. The maximum atomic E-state index is 13.2. The highest BCUT2D eigenvalue weighted by atomic mass is 35.5. The summed E-state index contributed by atoms with van der Waals surface area (Å²) in [6.45, 7) is 1.96. The number of halogens is 2. The minimum Gasteiger partial charge on any atom is -0.383 e. The molecule has 28 heavy (non-hydrogen) atoms. The van der Waals surface area contributed by atoms with Gasteiger partial charge in [0, 0.05) is 35.8 Å². The summed E-state index contributed by atoms with van der Waals surface area (Å²) in [5, 5.41) is 3.29. The van der Waals surface area contributed by atoms with E-state index >= 15 is 0 Å². The quantitative estimate of drug-likeness (QED) is 0.602. The van der Waals surface area contributed by atoms with Crippen molar-refractivity contribution in [2.45, 2.75) is 18.4 Å². The van der Waals surface area contributed by atoms with E-state index in [0.717, 1.165) is 9.87 Å². The van der Waals surface area contributed by atoms with Crippen LogP contribution in [0.15, 0.2) is 47.4 Å². The number of rotatable bonds is 9. The van der Waals surface area contributed by atoms with Crippen LogP contribution in [0.3, 0.4) is 0 Å². The average molecular weight is 445 g/mol. The molecule has 0 radical (unpaired) electrons. The van der Waals surface area contributed by atoms with Crippen molar-refractivity contribution in [2.75, 3.05) is 26.8 Å². The monoisotopic (exact) mass is 444 g/mol. The predicted molar refractivity (Wildman–Crippen MR) is 110 cm³/mol. The fraction of sp³-hybridized carbons (Fsp3) is 0.316. The Bertz CT molecular complexity index is 898. The van der Waals surface area contributed by atoms with Crippen LogP contribution in [0.5, 0.6) is 0 Å². The number of amides is 1. The van der Waals surface area contributed by atoms with Gasteiger partial charge in [0.2, 0.25) is 15.9 Å². The Morgan fingerprint density at radius 2 is 1.71 bits per heavy atom. The lowest BCUT2D eigenvalue weighted by molar-refractivity contribution is -0.121. The molecule has 0 saturated heterocycles. The van der Waals surface area contributed by atoms with Crippen molar-refractivity contribution in [3.05, 3.63) is 63.6 Å². The largest absolute Gasteiger partial charge is 0.383 e. The lowest BCUT2D eigenvalue weighted by Gasteiger charge is -2.23. The minimum absolute atomic E-state index is 0.0889. The Labute approximate surface area is 175 Å². The number of carbonyl (C=O) groups is 1. The molecule has 0 spiro atoms. The zero-order valence-corrected chi connectivity index (χ0v) is 17.9. The molecule has 1 amide bonds.